The van der Waals surface area contributed by atoms with Crippen molar-refractivity contribution < 1.29 is 79.0 Å². The average molecular weight is 823 g/mol. The summed E-state index contributed by atoms with van der Waals surface area (Å²) in [6, 6.07) is 0. The van der Waals surface area contributed by atoms with Crippen LogP contribution < -0.4 is 0 Å². The average Bonchev–Trinajstić information content (AvgIpc) is 3.13. The first-order chi connectivity index (χ1) is 26.8. The Labute approximate surface area is 337 Å². The molecular weight excluding hydrogens is 760 g/mol. The second-order valence-corrected chi connectivity index (χ2v) is 20.6. The van der Waals surface area contributed by atoms with Crippen molar-refractivity contribution in [3.05, 3.63) is 11.6 Å². The third kappa shape index (κ3) is 6.25. The number of rotatable bonds is 7. The van der Waals surface area contributed by atoms with Gasteiger partial charge in [-0.3, -0.25) is 9.59 Å². The van der Waals surface area contributed by atoms with Crippen LogP contribution in [0.5, 0.6) is 0 Å². The first kappa shape index (κ1) is 43.5. The van der Waals surface area contributed by atoms with Crippen LogP contribution in [0.3, 0.4) is 0 Å². The largest absolute Gasteiger partial charge is 0.481 e. The second-order valence-electron chi connectivity index (χ2n) is 20.6. The summed E-state index contributed by atoms with van der Waals surface area (Å²) < 4.78 is 23.4. The molecule has 0 radical (unpaired) electrons. The van der Waals surface area contributed by atoms with E-state index in [4.69, 9.17) is 18.9 Å². The molecule has 0 aromatic heterocycles. The number of carboxylic acid groups (broad SMARTS) is 3. The quantitative estimate of drug-likeness (QED) is 0.171. The van der Waals surface area contributed by atoms with Gasteiger partial charge in [-0.15, -0.1) is 0 Å². The van der Waals surface area contributed by atoms with Crippen LogP contribution in [-0.2, 0) is 38.1 Å². The topological polar surface area (TPSA) is 267 Å². The number of aliphatic hydroxyl groups is 5. The number of hydrogen-bond acceptors (Lipinski definition) is 13. The van der Waals surface area contributed by atoms with Gasteiger partial charge in [0.2, 0.25) is 0 Å². The molecule has 8 N–H and O–H groups in total. The lowest BCUT2D eigenvalue weighted by Crippen LogP contribution is -2.68. The van der Waals surface area contributed by atoms with Gasteiger partial charge in [-0.25, -0.2) is 9.59 Å². The van der Waals surface area contributed by atoms with Gasteiger partial charge in [0.15, 0.2) is 30.6 Å². The predicted molar refractivity (Wildman–Crippen MR) is 199 cm³/mol. The van der Waals surface area contributed by atoms with Crippen LogP contribution in [0, 0.1) is 50.2 Å². The fourth-order valence-corrected chi connectivity index (χ4v) is 13.4. The molecule has 326 valence electrons. The maximum atomic E-state index is 14.8. The molecule has 19 atom stereocenters. The zero-order valence-electron chi connectivity index (χ0n) is 34.4. The van der Waals surface area contributed by atoms with Crippen LogP contribution in [0.4, 0.5) is 0 Å². The summed E-state index contributed by atoms with van der Waals surface area (Å²) >= 11 is 0. The van der Waals surface area contributed by atoms with Crippen LogP contribution in [0.25, 0.3) is 0 Å². The van der Waals surface area contributed by atoms with Crippen LogP contribution in [-0.4, -0.2) is 132 Å². The monoisotopic (exact) mass is 822 g/mol. The van der Waals surface area contributed by atoms with E-state index in [1.807, 2.05) is 26.8 Å². The number of ketones is 1. The van der Waals surface area contributed by atoms with Crippen molar-refractivity contribution in [2.24, 2.45) is 50.2 Å². The molecule has 2 saturated heterocycles. The molecule has 2 heterocycles. The Balaban J connectivity index is 1.17. The highest BCUT2D eigenvalue weighted by molar-refractivity contribution is 5.95. The van der Waals surface area contributed by atoms with Crippen molar-refractivity contribution in [3.63, 3.8) is 0 Å². The zero-order valence-corrected chi connectivity index (χ0v) is 34.4. The first-order valence-corrected chi connectivity index (χ1v) is 20.7. The number of allylic oxidation sites excluding steroid dienone is 2. The molecule has 5 aliphatic carbocycles. The molecule has 0 aromatic carbocycles. The maximum Gasteiger partial charge on any atom is 0.335 e. The molecule has 2 aliphatic heterocycles. The van der Waals surface area contributed by atoms with E-state index in [0.717, 1.165) is 37.7 Å². The molecule has 0 aromatic rings. The third-order valence-electron chi connectivity index (χ3n) is 17.2. The van der Waals surface area contributed by atoms with Gasteiger partial charge in [0.05, 0.1) is 11.5 Å². The normalized spacial score (nSPS) is 52.6. The summed E-state index contributed by atoms with van der Waals surface area (Å²) in [5, 5.41) is 83.0. The molecule has 0 amide bonds. The van der Waals surface area contributed by atoms with Crippen molar-refractivity contribution in [2.75, 3.05) is 0 Å². The molecule has 4 saturated carbocycles. The molecular formula is C42H62O16. The standard InChI is InChI=1S/C42H62O16/c1-37(2)21-8-11-42(7)31(20(43)16-18-19-17-39(4,36(53)54)13-12-38(19,3)14-15-41(18,42)6)40(21,5)10-9-22(37)55-35-30(26(47)25(46)29(57-35)33(51)52)58-34-27(48)23(44)24(45)28(56-34)32(49)50/h16,19,21-31,34-35,44-48H,8-15,17H2,1-7H3,(H,49,50)(H,51,52)(H,53,54)/t19-,21+,22-,23+,24-,25+,26+,27-,28-,29+,30-,31+,34-,35-,38+,39-,40-,41+,42+/m0/s1. The van der Waals surface area contributed by atoms with Gasteiger partial charge in [-0.1, -0.05) is 47.1 Å². The number of carboxylic acids is 3. The van der Waals surface area contributed by atoms with E-state index < -0.39 is 107 Å². The minimum atomic E-state index is -2.05. The summed E-state index contributed by atoms with van der Waals surface area (Å²) in [5.74, 6) is -4.47. The highest BCUT2D eigenvalue weighted by Crippen LogP contribution is 2.75. The molecule has 0 bridgehead atoms. The summed E-state index contributed by atoms with van der Waals surface area (Å²) in [6.07, 6.45) is -12.2. The Morgan fingerprint density at radius 2 is 1.28 bits per heavy atom. The van der Waals surface area contributed by atoms with E-state index in [9.17, 15) is 60.0 Å². The van der Waals surface area contributed by atoms with Crippen LogP contribution in [0.15, 0.2) is 11.6 Å². The number of fused-ring (bicyclic) bond motifs is 7. The smallest absolute Gasteiger partial charge is 0.335 e. The van der Waals surface area contributed by atoms with Gasteiger partial charge in [-0.2, -0.15) is 0 Å². The number of hydrogen-bond donors (Lipinski definition) is 8. The van der Waals surface area contributed by atoms with Crippen molar-refractivity contribution in [2.45, 2.75) is 174 Å². The molecule has 16 nitrogen and oxygen atoms in total. The molecule has 0 unspecified atom stereocenters. The van der Waals surface area contributed by atoms with Crippen molar-refractivity contribution in [3.8, 4) is 0 Å². The maximum absolute atomic E-state index is 14.8. The Morgan fingerprint density at radius 1 is 0.690 bits per heavy atom. The molecule has 58 heavy (non-hydrogen) atoms. The number of carbonyl (C=O) groups is 4. The third-order valence-corrected chi connectivity index (χ3v) is 17.2. The minimum absolute atomic E-state index is 0.0217. The highest BCUT2D eigenvalue weighted by Gasteiger charge is 2.71. The first-order valence-electron chi connectivity index (χ1n) is 20.7. The van der Waals surface area contributed by atoms with Gasteiger partial charge in [0, 0.05) is 5.92 Å². The van der Waals surface area contributed by atoms with E-state index in [1.54, 1.807) is 0 Å². The Kier molecular flexibility index (Phi) is 10.7. The van der Waals surface area contributed by atoms with Gasteiger partial charge in [0.1, 0.15) is 36.6 Å². The van der Waals surface area contributed by atoms with Crippen molar-refractivity contribution in [1.82, 2.24) is 0 Å². The summed E-state index contributed by atoms with van der Waals surface area (Å²) in [6.45, 7) is 14.8. The van der Waals surface area contributed by atoms with Crippen molar-refractivity contribution >= 4 is 23.7 Å². The zero-order chi connectivity index (χ0) is 42.9. The van der Waals surface area contributed by atoms with E-state index in [2.05, 4.69) is 27.7 Å². The fraction of sp³-hybridized carbons (Fsp3) is 0.857. The Morgan fingerprint density at radius 3 is 1.88 bits per heavy atom. The lowest BCUT2D eigenvalue weighted by Gasteiger charge is -2.70. The molecule has 7 aliphatic rings. The summed E-state index contributed by atoms with van der Waals surface area (Å²) in [7, 11) is 0. The number of aliphatic hydroxyl groups excluding tert-OH is 5. The van der Waals surface area contributed by atoms with E-state index in [0.29, 0.717) is 25.7 Å². The lowest BCUT2D eigenvalue weighted by molar-refractivity contribution is -0.371. The summed E-state index contributed by atoms with van der Waals surface area (Å²) in [5.41, 5.74) is -1.81. The van der Waals surface area contributed by atoms with Crippen LogP contribution >= 0.6 is 0 Å². The number of carbonyl (C=O) groups excluding carboxylic acids is 1. The molecule has 16 heteroatoms. The molecule has 7 rings (SSSR count). The minimum Gasteiger partial charge on any atom is -0.481 e. The van der Waals surface area contributed by atoms with Gasteiger partial charge >= 0.3 is 17.9 Å². The van der Waals surface area contributed by atoms with Crippen LogP contribution in [0.1, 0.15) is 106 Å². The molecule has 6 fully saturated rings. The second kappa shape index (κ2) is 14.3. The van der Waals surface area contributed by atoms with Gasteiger partial charge < -0.3 is 59.8 Å². The van der Waals surface area contributed by atoms with Gasteiger partial charge in [0.25, 0.3) is 0 Å². The van der Waals surface area contributed by atoms with Gasteiger partial charge in [-0.05, 0) is 110 Å². The summed E-state index contributed by atoms with van der Waals surface area (Å²) in [4.78, 5) is 51.3. The predicted octanol–water partition coefficient (Wildman–Crippen LogP) is 2.25. The van der Waals surface area contributed by atoms with E-state index >= 15 is 0 Å². The number of aliphatic carboxylic acids is 3. The fourth-order valence-electron chi connectivity index (χ4n) is 13.4. The lowest BCUT2D eigenvalue weighted by atomic mass is 9.33. The van der Waals surface area contributed by atoms with Crippen molar-refractivity contribution in [1.29, 1.82) is 0 Å². The van der Waals surface area contributed by atoms with E-state index in [1.165, 1.54) is 0 Å². The van der Waals surface area contributed by atoms with Crippen LogP contribution in [0.2, 0.25) is 0 Å². The Hall–Kier alpha value is -2.54. The molecule has 0 spiro atoms. The SMILES string of the molecule is CC1(C)[C@@H](O[C@H]2O[C@@H](C(=O)O)[C@H](O)[C@@H](O)[C@@H]2O[C@@H]2O[C@H](C(=O)O)[C@@H](O)[C@@H](O)[C@@H]2O)CC[C@@]2(C)[C@@H]1CC[C@]1(C)[C@@H]2C(=O)C=C2[C@@H]3C[C@@](C)(C(=O)O)CC[C@]3(C)CC[C@]21C. The number of ether oxygens (including phenoxy) is 4. The highest BCUT2D eigenvalue weighted by atomic mass is 16.8. The Bertz CT molecular complexity index is 1730. The van der Waals surface area contributed by atoms with E-state index in [-0.39, 0.29) is 34.4 Å².